The summed E-state index contributed by atoms with van der Waals surface area (Å²) in [5, 5.41) is 9.89. The largest absolute Gasteiger partial charge is 0.456 e. The van der Waals surface area contributed by atoms with E-state index < -0.39 is 0 Å². The van der Waals surface area contributed by atoms with E-state index in [1.165, 1.54) is 38.2 Å². The SMILES string of the molecule is C=C(/C=C\C=C/C)c1cc(-c2ccc3c(c2)c2c(n3-c3ccc4c(c3)oc3ccccc34)=CCC(C)C=2)ccc1Nc1ccccc1C1=CCC(C)C=C1. The third kappa shape index (κ3) is 6.06. The molecule has 0 fully saturated rings. The number of nitrogens with zero attached hydrogens (tertiary/aromatic N) is 1. The third-order valence-electron chi connectivity index (χ3n) is 10.9. The molecule has 2 aromatic heterocycles. The molecule has 2 unspecified atom stereocenters. The second-order valence-corrected chi connectivity index (χ2v) is 14.8. The fraction of sp³-hybridized carbons (Fsp3) is 0.137. The second-order valence-electron chi connectivity index (χ2n) is 14.8. The number of rotatable bonds is 8. The molecule has 2 atom stereocenters. The van der Waals surface area contributed by atoms with Gasteiger partial charge in [-0.1, -0.05) is 124 Å². The Bertz CT molecular complexity index is 2870. The Hall–Kier alpha value is -6.32. The molecule has 0 saturated carbocycles. The highest BCUT2D eigenvalue weighted by molar-refractivity contribution is 6.05. The number of furan rings is 1. The van der Waals surface area contributed by atoms with Crippen molar-refractivity contribution in [1.29, 1.82) is 0 Å². The van der Waals surface area contributed by atoms with Gasteiger partial charge in [-0.3, -0.25) is 0 Å². The van der Waals surface area contributed by atoms with E-state index in [4.69, 9.17) is 4.42 Å². The van der Waals surface area contributed by atoms with Crippen LogP contribution in [0.25, 0.3) is 73.0 Å². The average molecular weight is 701 g/mol. The van der Waals surface area contributed by atoms with Gasteiger partial charge in [0.05, 0.1) is 5.52 Å². The molecule has 1 N–H and O–H groups in total. The highest BCUT2D eigenvalue weighted by atomic mass is 16.3. The van der Waals surface area contributed by atoms with Gasteiger partial charge in [-0.2, -0.15) is 0 Å². The van der Waals surface area contributed by atoms with Gasteiger partial charge in [-0.25, -0.2) is 0 Å². The van der Waals surface area contributed by atoms with Crippen molar-refractivity contribution >= 4 is 67.5 Å². The van der Waals surface area contributed by atoms with Crippen LogP contribution in [0.2, 0.25) is 0 Å². The molecule has 0 radical (unpaired) electrons. The van der Waals surface area contributed by atoms with E-state index in [0.717, 1.165) is 68.5 Å². The van der Waals surface area contributed by atoms with Crippen molar-refractivity contribution < 1.29 is 4.42 Å². The molecule has 7 aromatic rings. The minimum absolute atomic E-state index is 0.466. The van der Waals surface area contributed by atoms with Gasteiger partial charge in [0.15, 0.2) is 0 Å². The van der Waals surface area contributed by atoms with Crippen LogP contribution in [0.15, 0.2) is 157 Å². The molecule has 2 aliphatic carbocycles. The molecule has 0 bridgehead atoms. The first-order chi connectivity index (χ1) is 26.4. The predicted molar refractivity (Wildman–Crippen MR) is 232 cm³/mol. The lowest BCUT2D eigenvalue weighted by molar-refractivity contribution is 0.668. The Kier molecular flexibility index (Phi) is 8.63. The van der Waals surface area contributed by atoms with Crippen LogP contribution in [0.4, 0.5) is 11.4 Å². The maximum absolute atomic E-state index is 6.33. The Morgan fingerprint density at radius 1 is 0.759 bits per heavy atom. The molecule has 9 rings (SSSR count). The fourth-order valence-electron chi connectivity index (χ4n) is 8.06. The molecule has 3 nitrogen and oxygen atoms in total. The Morgan fingerprint density at radius 3 is 2.43 bits per heavy atom. The molecule has 0 spiro atoms. The number of hydrogen-bond donors (Lipinski definition) is 1. The molecule has 54 heavy (non-hydrogen) atoms. The van der Waals surface area contributed by atoms with Gasteiger partial charge in [0.25, 0.3) is 0 Å². The van der Waals surface area contributed by atoms with Crippen LogP contribution in [-0.4, -0.2) is 4.57 Å². The normalized spacial score (nSPS) is 16.9. The monoisotopic (exact) mass is 700 g/mol. The first kappa shape index (κ1) is 33.5. The molecule has 0 aliphatic heterocycles. The molecular formula is C51H44N2O. The van der Waals surface area contributed by atoms with E-state index in [0.29, 0.717) is 11.8 Å². The Balaban J connectivity index is 1.15. The summed E-state index contributed by atoms with van der Waals surface area (Å²) in [6, 6.07) is 37.1. The average Bonchev–Trinajstić information content (AvgIpc) is 3.73. The van der Waals surface area contributed by atoms with Gasteiger partial charge in [0, 0.05) is 61.0 Å². The van der Waals surface area contributed by atoms with E-state index >= 15 is 0 Å². The maximum Gasteiger partial charge on any atom is 0.137 e. The van der Waals surface area contributed by atoms with Crippen molar-refractivity contribution in [2.24, 2.45) is 11.8 Å². The van der Waals surface area contributed by atoms with E-state index in [1.54, 1.807) is 0 Å². The number of allylic oxidation sites excluding steroid dienone is 9. The van der Waals surface area contributed by atoms with Crippen molar-refractivity contribution in [2.75, 3.05) is 5.32 Å². The van der Waals surface area contributed by atoms with Gasteiger partial charge in [0.2, 0.25) is 0 Å². The number of hydrogen-bond acceptors (Lipinski definition) is 2. The van der Waals surface area contributed by atoms with Crippen LogP contribution in [-0.2, 0) is 0 Å². The molecule has 2 heterocycles. The van der Waals surface area contributed by atoms with Gasteiger partial charge in [0.1, 0.15) is 11.2 Å². The lowest BCUT2D eigenvalue weighted by atomic mass is 9.93. The molecule has 3 heteroatoms. The summed E-state index contributed by atoms with van der Waals surface area (Å²) in [5.74, 6) is 1.03. The van der Waals surface area contributed by atoms with Crippen molar-refractivity contribution in [3.8, 4) is 16.8 Å². The third-order valence-corrected chi connectivity index (χ3v) is 10.9. The number of benzene rings is 5. The zero-order chi connectivity index (χ0) is 36.8. The van der Waals surface area contributed by atoms with Crippen LogP contribution in [0, 0.1) is 11.8 Å². The van der Waals surface area contributed by atoms with Crippen LogP contribution in [0.1, 0.15) is 44.7 Å². The van der Waals surface area contributed by atoms with Gasteiger partial charge < -0.3 is 14.3 Å². The number of para-hydroxylation sites is 2. The molecule has 0 amide bonds. The lowest BCUT2D eigenvalue weighted by Gasteiger charge is -2.19. The zero-order valence-electron chi connectivity index (χ0n) is 31.1. The zero-order valence-corrected chi connectivity index (χ0v) is 31.1. The number of aromatic nitrogens is 1. The number of nitrogens with one attached hydrogen (secondary N) is 1. The Morgan fingerprint density at radius 2 is 1.56 bits per heavy atom. The number of fused-ring (bicyclic) bond motifs is 6. The van der Waals surface area contributed by atoms with Gasteiger partial charge >= 0.3 is 0 Å². The van der Waals surface area contributed by atoms with E-state index in [2.05, 4.69) is 164 Å². The first-order valence-electron chi connectivity index (χ1n) is 19.1. The molecule has 264 valence electrons. The summed E-state index contributed by atoms with van der Waals surface area (Å²) in [6.45, 7) is 11.1. The van der Waals surface area contributed by atoms with Crippen LogP contribution < -0.4 is 15.9 Å². The quantitative estimate of drug-likeness (QED) is 0.160. The van der Waals surface area contributed by atoms with E-state index in [1.807, 2.05) is 31.2 Å². The molecule has 2 aliphatic rings. The van der Waals surface area contributed by atoms with Crippen molar-refractivity contribution in [2.45, 2.75) is 33.6 Å². The standard InChI is InChI=1S/C51H44N2O/c1-5-6-7-12-35(4)43-30-37(22-26-47(43)52-46-15-10-8-13-40(46)36-20-17-33(2)18-21-36)38-23-28-49-45(31-38)44-29-34(3)19-27-48(44)53(49)39-24-25-42-41-14-9-11-16-50(41)54-51(42)32-39/h5-17,20-34,52H,4,18-19H2,1-3H3/b6-5-,12-7-. The predicted octanol–water partition coefficient (Wildman–Crippen LogP) is 12.7. The first-order valence-corrected chi connectivity index (χ1v) is 19.1. The molecule has 5 aromatic carbocycles. The van der Waals surface area contributed by atoms with Crippen LogP contribution >= 0.6 is 0 Å². The summed E-state index contributed by atoms with van der Waals surface area (Å²) in [6.07, 6.45) is 22.1. The maximum atomic E-state index is 6.33. The summed E-state index contributed by atoms with van der Waals surface area (Å²) in [4.78, 5) is 0. The molecule has 0 saturated heterocycles. The smallest absolute Gasteiger partial charge is 0.137 e. The van der Waals surface area contributed by atoms with Gasteiger partial charge in [-0.05, 0) is 102 Å². The summed E-state index contributed by atoms with van der Waals surface area (Å²) >= 11 is 0. The minimum atomic E-state index is 0.466. The van der Waals surface area contributed by atoms with E-state index in [-0.39, 0.29) is 0 Å². The minimum Gasteiger partial charge on any atom is -0.456 e. The summed E-state index contributed by atoms with van der Waals surface area (Å²) < 4.78 is 8.74. The highest BCUT2D eigenvalue weighted by Gasteiger charge is 2.18. The topological polar surface area (TPSA) is 30.1 Å². The van der Waals surface area contributed by atoms with Crippen LogP contribution in [0.5, 0.6) is 0 Å². The van der Waals surface area contributed by atoms with Crippen molar-refractivity contribution in [3.63, 3.8) is 0 Å². The highest BCUT2D eigenvalue weighted by Crippen LogP contribution is 2.37. The van der Waals surface area contributed by atoms with Crippen LogP contribution in [0.3, 0.4) is 0 Å². The Labute approximate surface area is 317 Å². The van der Waals surface area contributed by atoms with Crippen molar-refractivity contribution in [3.05, 3.63) is 174 Å². The van der Waals surface area contributed by atoms with E-state index in [9.17, 15) is 0 Å². The number of anilines is 2. The second kappa shape index (κ2) is 13.9. The molecular weight excluding hydrogens is 657 g/mol. The lowest BCUT2D eigenvalue weighted by Crippen LogP contribution is -2.31. The summed E-state index contributed by atoms with van der Waals surface area (Å²) in [7, 11) is 0. The van der Waals surface area contributed by atoms with Gasteiger partial charge in [-0.15, -0.1) is 0 Å². The fourth-order valence-corrected chi connectivity index (χ4v) is 8.06. The summed E-state index contributed by atoms with van der Waals surface area (Å²) in [5.41, 5.74) is 13.0. The van der Waals surface area contributed by atoms with Crippen molar-refractivity contribution in [1.82, 2.24) is 4.57 Å².